The van der Waals surface area contributed by atoms with Gasteiger partial charge in [-0.05, 0) is 31.2 Å². The molecule has 2 fully saturated rings. The number of nitrogens with zero attached hydrogens (tertiary/aromatic N) is 3. The third-order valence-corrected chi connectivity index (χ3v) is 7.61. The molecule has 1 aromatic heterocycles. The first-order valence-corrected chi connectivity index (χ1v) is 11.4. The zero-order chi connectivity index (χ0) is 21.3. The van der Waals surface area contributed by atoms with Gasteiger partial charge in [0.05, 0.1) is 23.6 Å². The van der Waals surface area contributed by atoms with E-state index >= 15 is 0 Å². The fourth-order valence-electron chi connectivity index (χ4n) is 3.95. The Hall–Kier alpha value is -2.65. The zero-order valence-corrected chi connectivity index (χ0v) is 17.7. The van der Waals surface area contributed by atoms with Crippen LogP contribution in [0.1, 0.15) is 17.7 Å². The molecule has 1 unspecified atom stereocenters. The van der Waals surface area contributed by atoms with Crippen LogP contribution in [0.5, 0.6) is 0 Å². The molecule has 2 aliphatic rings. The maximum absolute atomic E-state index is 12.9. The highest BCUT2D eigenvalue weighted by atomic mass is 32.2. The van der Waals surface area contributed by atoms with Crippen molar-refractivity contribution in [2.24, 2.45) is 5.92 Å². The van der Waals surface area contributed by atoms with Crippen LogP contribution in [0, 0.1) is 12.8 Å². The largest absolute Gasteiger partial charge is 0.467 e. The highest BCUT2D eigenvalue weighted by molar-refractivity contribution is 7.89. The number of benzene rings is 1. The Morgan fingerprint density at radius 1 is 1.10 bits per heavy atom. The fraction of sp³-hybridized carbons (Fsp3) is 0.429. The van der Waals surface area contributed by atoms with Gasteiger partial charge in [0, 0.05) is 39.1 Å². The number of likely N-dealkylation sites (tertiary alicyclic amines) is 1. The van der Waals surface area contributed by atoms with Crippen molar-refractivity contribution < 1.29 is 22.4 Å². The molecule has 160 valence electrons. The Balaban J connectivity index is 1.34. The van der Waals surface area contributed by atoms with Crippen LogP contribution in [-0.4, -0.2) is 67.1 Å². The maximum atomic E-state index is 12.9. The second-order valence-electron chi connectivity index (χ2n) is 7.80. The van der Waals surface area contributed by atoms with Gasteiger partial charge in [-0.1, -0.05) is 17.7 Å². The van der Waals surface area contributed by atoms with Crippen molar-refractivity contribution in [2.45, 2.75) is 24.8 Å². The van der Waals surface area contributed by atoms with Gasteiger partial charge < -0.3 is 14.2 Å². The molecule has 0 spiro atoms. The molecule has 2 amide bonds. The molecular weight excluding hydrogens is 406 g/mol. The predicted octanol–water partition coefficient (Wildman–Crippen LogP) is 1.47. The zero-order valence-electron chi connectivity index (χ0n) is 16.9. The van der Waals surface area contributed by atoms with Crippen molar-refractivity contribution in [1.82, 2.24) is 14.1 Å². The quantitative estimate of drug-likeness (QED) is 0.715. The van der Waals surface area contributed by atoms with E-state index < -0.39 is 15.9 Å². The van der Waals surface area contributed by atoms with Crippen LogP contribution in [0.3, 0.4) is 0 Å². The summed E-state index contributed by atoms with van der Waals surface area (Å²) in [6.45, 7) is 3.78. The van der Waals surface area contributed by atoms with Crippen LogP contribution in [0.2, 0.25) is 0 Å². The molecule has 30 heavy (non-hydrogen) atoms. The monoisotopic (exact) mass is 431 g/mol. The molecular formula is C21H25N3O5S. The van der Waals surface area contributed by atoms with Crippen molar-refractivity contribution in [3.63, 3.8) is 0 Å². The molecule has 2 aromatic rings. The number of aryl methyl sites for hydroxylation is 1. The minimum absolute atomic E-state index is 0.0645. The Kier molecular flexibility index (Phi) is 5.66. The molecule has 0 N–H and O–H groups in total. The van der Waals surface area contributed by atoms with Gasteiger partial charge in [-0.2, -0.15) is 4.31 Å². The standard InChI is InChI=1S/C21H25N3O5S/c1-16-4-6-19(7-5-16)30(27,28)24-10-8-22(9-11-24)21(26)17-13-20(25)23(14-17)15-18-3-2-12-29-18/h2-7,12,17H,8-11,13-15H2,1H3. The van der Waals surface area contributed by atoms with Gasteiger partial charge >= 0.3 is 0 Å². The summed E-state index contributed by atoms with van der Waals surface area (Å²) >= 11 is 0. The van der Waals surface area contributed by atoms with E-state index in [0.717, 1.165) is 5.56 Å². The number of carbonyl (C=O) groups is 2. The minimum Gasteiger partial charge on any atom is -0.467 e. The molecule has 2 aliphatic heterocycles. The van der Waals surface area contributed by atoms with E-state index in [2.05, 4.69) is 0 Å². The highest BCUT2D eigenvalue weighted by Crippen LogP contribution is 2.24. The van der Waals surface area contributed by atoms with Gasteiger partial charge in [0.1, 0.15) is 5.76 Å². The summed E-state index contributed by atoms with van der Waals surface area (Å²) in [4.78, 5) is 28.8. The van der Waals surface area contributed by atoms with E-state index in [9.17, 15) is 18.0 Å². The minimum atomic E-state index is -3.57. The molecule has 1 aromatic carbocycles. The van der Waals surface area contributed by atoms with Crippen LogP contribution >= 0.6 is 0 Å². The van der Waals surface area contributed by atoms with E-state index in [1.807, 2.05) is 6.92 Å². The van der Waals surface area contributed by atoms with Crippen molar-refractivity contribution in [3.05, 3.63) is 54.0 Å². The third-order valence-electron chi connectivity index (χ3n) is 5.70. The van der Waals surface area contributed by atoms with Crippen LogP contribution in [0.4, 0.5) is 0 Å². The summed E-state index contributed by atoms with van der Waals surface area (Å²) < 4.78 is 32.4. The number of carbonyl (C=O) groups excluding carboxylic acids is 2. The van der Waals surface area contributed by atoms with Crippen molar-refractivity contribution in [2.75, 3.05) is 32.7 Å². The van der Waals surface area contributed by atoms with Gasteiger partial charge in [-0.15, -0.1) is 0 Å². The van der Waals surface area contributed by atoms with Gasteiger partial charge in [0.25, 0.3) is 0 Å². The molecule has 0 aliphatic carbocycles. The molecule has 0 radical (unpaired) electrons. The molecule has 2 saturated heterocycles. The van der Waals surface area contributed by atoms with E-state index in [1.54, 1.807) is 52.5 Å². The van der Waals surface area contributed by atoms with Crippen LogP contribution in [0.15, 0.2) is 52.0 Å². The molecule has 0 bridgehead atoms. The van der Waals surface area contributed by atoms with E-state index in [4.69, 9.17) is 4.42 Å². The van der Waals surface area contributed by atoms with Crippen molar-refractivity contribution in [3.8, 4) is 0 Å². The normalized spacial score (nSPS) is 20.7. The Morgan fingerprint density at radius 3 is 2.43 bits per heavy atom. The average molecular weight is 432 g/mol. The molecule has 3 heterocycles. The van der Waals surface area contributed by atoms with Gasteiger partial charge in [-0.25, -0.2) is 8.42 Å². The SMILES string of the molecule is Cc1ccc(S(=O)(=O)N2CCN(C(=O)C3CC(=O)N(Cc4ccco4)C3)CC2)cc1. The van der Waals surface area contributed by atoms with Crippen LogP contribution in [0.25, 0.3) is 0 Å². The number of sulfonamides is 1. The number of hydrogen-bond donors (Lipinski definition) is 0. The molecule has 9 heteroatoms. The maximum Gasteiger partial charge on any atom is 0.243 e. The van der Waals surface area contributed by atoms with E-state index in [-0.39, 0.29) is 36.2 Å². The second-order valence-corrected chi connectivity index (χ2v) is 9.74. The number of furan rings is 1. The Morgan fingerprint density at radius 2 is 1.80 bits per heavy atom. The summed E-state index contributed by atoms with van der Waals surface area (Å²) in [6.07, 6.45) is 1.74. The van der Waals surface area contributed by atoms with Gasteiger partial charge in [-0.3, -0.25) is 9.59 Å². The number of hydrogen-bond acceptors (Lipinski definition) is 5. The first kappa shape index (κ1) is 20.6. The lowest BCUT2D eigenvalue weighted by Gasteiger charge is -2.35. The average Bonchev–Trinajstić information content (AvgIpc) is 3.38. The lowest BCUT2D eigenvalue weighted by molar-refractivity contribution is -0.137. The van der Waals surface area contributed by atoms with Crippen molar-refractivity contribution >= 4 is 21.8 Å². The second kappa shape index (κ2) is 8.23. The lowest BCUT2D eigenvalue weighted by Crippen LogP contribution is -2.52. The van der Waals surface area contributed by atoms with E-state index in [1.165, 1.54) is 4.31 Å². The van der Waals surface area contributed by atoms with E-state index in [0.29, 0.717) is 31.9 Å². The predicted molar refractivity (Wildman–Crippen MR) is 109 cm³/mol. The van der Waals surface area contributed by atoms with Gasteiger partial charge in [0.15, 0.2) is 0 Å². The Labute approximate surface area is 176 Å². The molecule has 1 atom stereocenters. The summed E-state index contributed by atoms with van der Waals surface area (Å²) in [5, 5.41) is 0. The summed E-state index contributed by atoms with van der Waals surface area (Å²) in [6, 6.07) is 10.3. The first-order chi connectivity index (χ1) is 14.3. The van der Waals surface area contributed by atoms with Crippen LogP contribution < -0.4 is 0 Å². The third kappa shape index (κ3) is 4.13. The summed E-state index contributed by atoms with van der Waals surface area (Å²) in [5.41, 5.74) is 0.997. The molecule has 8 nitrogen and oxygen atoms in total. The van der Waals surface area contributed by atoms with Gasteiger partial charge in [0.2, 0.25) is 21.8 Å². The molecule has 0 saturated carbocycles. The first-order valence-electron chi connectivity index (χ1n) is 10.0. The smallest absolute Gasteiger partial charge is 0.243 e. The Bertz CT molecular complexity index is 1010. The lowest BCUT2D eigenvalue weighted by atomic mass is 10.1. The fourth-order valence-corrected chi connectivity index (χ4v) is 5.37. The highest BCUT2D eigenvalue weighted by Gasteiger charge is 2.38. The molecule has 4 rings (SSSR count). The number of piperazine rings is 1. The topological polar surface area (TPSA) is 91.1 Å². The van der Waals surface area contributed by atoms with Crippen LogP contribution in [-0.2, 0) is 26.2 Å². The number of rotatable bonds is 5. The van der Waals surface area contributed by atoms with Crippen molar-refractivity contribution in [1.29, 1.82) is 0 Å². The summed E-state index contributed by atoms with van der Waals surface area (Å²) in [7, 11) is -3.57. The number of amides is 2. The summed E-state index contributed by atoms with van der Waals surface area (Å²) in [5.74, 6) is 0.141.